The Kier molecular flexibility index (Phi) is 4.46. The lowest BCUT2D eigenvalue weighted by atomic mass is 10.0. The van der Waals surface area contributed by atoms with E-state index >= 15 is 0 Å². The average Bonchev–Trinajstić information content (AvgIpc) is 2.36. The zero-order chi connectivity index (χ0) is 13.9. The molecule has 1 saturated heterocycles. The van der Waals surface area contributed by atoms with Crippen molar-refractivity contribution in [3.05, 3.63) is 23.9 Å². The van der Waals surface area contributed by atoms with Crippen molar-refractivity contribution in [3.63, 3.8) is 0 Å². The lowest BCUT2D eigenvalue weighted by Gasteiger charge is -2.34. The maximum Gasteiger partial charge on any atom is 0.129 e. The van der Waals surface area contributed by atoms with E-state index in [1.54, 1.807) is 0 Å². The lowest BCUT2D eigenvalue weighted by molar-refractivity contribution is 0.420. The zero-order valence-corrected chi connectivity index (χ0v) is 12.7. The molecule has 0 spiro atoms. The van der Waals surface area contributed by atoms with Gasteiger partial charge in [0.05, 0.1) is 5.69 Å². The largest absolute Gasteiger partial charge is 0.354 e. The van der Waals surface area contributed by atoms with Crippen LogP contribution < -0.4 is 10.2 Å². The molecule has 2 heterocycles. The van der Waals surface area contributed by atoms with Crippen molar-refractivity contribution in [1.29, 1.82) is 0 Å². The summed E-state index contributed by atoms with van der Waals surface area (Å²) < 4.78 is 0. The van der Waals surface area contributed by atoms with Crippen LogP contribution in [-0.4, -0.2) is 23.1 Å². The Labute approximate surface area is 117 Å². The van der Waals surface area contributed by atoms with Crippen LogP contribution >= 0.6 is 0 Å². The molecule has 1 N–H and O–H groups in total. The first-order chi connectivity index (χ1) is 8.96. The number of pyridine rings is 1. The van der Waals surface area contributed by atoms with Crippen LogP contribution in [0.15, 0.2) is 18.2 Å². The predicted octanol–water partition coefficient (Wildman–Crippen LogP) is 3.35. The molecule has 1 fully saturated rings. The van der Waals surface area contributed by atoms with Gasteiger partial charge in [0.1, 0.15) is 5.82 Å². The first-order valence-corrected chi connectivity index (χ1v) is 7.43. The predicted molar refractivity (Wildman–Crippen MR) is 81.5 cm³/mol. The molecule has 0 radical (unpaired) electrons. The highest BCUT2D eigenvalue weighted by molar-refractivity contribution is 5.40. The molecular formula is C16H27N3. The van der Waals surface area contributed by atoms with Crippen LogP contribution in [0.5, 0.6) is 0 Å². The molecule has 1 aliphatic heterocycles. The normalized spacial score (nSPS) is 20.6. The number of nitrogens with one attached hydrogen (secondary N) is 1. The molecule has 0 saturated carbocycles. The second kappa shape index (κ2) is 5.91. The monoisotopic (exact) mass is 261 g/mol. The van der Waals surface area contributed by atoms with Gasteiger partial charge in [-0.25, -0.2) is 4.98 Å². The van der Waals surface area contributed by atoms with E-state index in [1.807, 2.05) is 0 Å². The Morgan fingerprint density at radius 1 is 1.32 bits per heavy atom. The number of nitrogens with zero attached hydrogens (tertiary/aromatic N) is 2. The van der Waals surface area contributed by atoms with Crippen LogP contribution in [0.3, 0.4) is 0 Å². The smallest absolute Gasteiger partial charge is 0.129 e. The summed E-state index contributed by atoms with van der Waals surface area (Å²) in [7, 11) is 0. The molecule has 1 unspecified atom stereocenters. The Hall–Kier alpha value is -1.09. The molecule has 2 rings (SSSR count). The molecule has 106 valence electrons. The molecular weight excluding hydrogens is 234 g/mol. The highest BCUT2D eigenvalue weighted by Gasteiger charge is 2.19. The summed E-state index contributed by atoms with van der Waals surface area (Å²) in [6.45, 7) is 10.8. The molecule has 3 heteroatoms. The summed E-state index contributed by atoms with van der Waals surface area (Å²) in [5.74, 6) is 1.14. The Bertz CT molecular complexity index is 409. The van der Waals surface area contributed by atoms with Crippen LogP contribution in [-0.2, 0) is 6.54 Å². The summed E-state index contributed by atoms with van der Waals surface area (Å²) in [4.78, 5) is 7.26. The summed E-state index contributed by atoms with van der Waals surface area (Å²) >= 11 is 0. The molecule has 0 amide bonds. The van der Waals surface area contributed by atoms with Crippen molar-refractivity contribution in [3.8, 4) is 0 Å². The number of hydrogen-bond acceptors (Lipinski definition) is 3. The van der Waals surface area contributed by atoms with Crippen molar-refractivity contribution in [1.82, 2.24) is 10.3 Å². The molecule has 0 aromatic carbocycles. The van der Waals surface area contributed by atoms with Gasteiger partial charge in [-0.3, -0.25) is 0 Å². The van der Waals surface area contributed by atoms with E-state index in [9.17, 15) is 0 Å². The molecule has 19 heavy (non-hydrogen) atoms. The minimum Gasteiger partial charge on any atom is -0.354 e. The van der Waals surface area contributed by atoms with Gasteiger partial charge in [0, 0.05) is 24.7 Å². The van der Waals surface area contributed by atoms with Gasteiger partial charge in [-0.2, -0.15) is 0 Å². The van der Waals surface area contributed by atoms with E-state index in [2.05, 4.69) is 56.1 Å². The first-order valence-electron chi connectivity index (χ1n) is 7.43. The summed E-state index contributed by atoms with van der Waals surface area (Å²) in [6, 6.07) is 7.00. The quantitative estimate of drug-likeness (QED) is 0.904. The second-order valence-electron chi connectivity index (χ2n) is 6.63. The number of rotatable bonds is 3. The van der Waals surface area contributed by atoms with Crippen molar-refractivity contribution >= 4 is 5.82 Å². The van der Waals surface area contributed by atoms with Gasteiger partial charge in [-0.05, 0) is 59.1 Å². The van der Waals surface area contributed by atoms with Crippen LogP contribution in [0, 0.1) is 0 Å². The number of hydrogen-bond donors (Lipinski definition) is 1. The van der Waals surface area contributed by atoms with Gasteiger partial charge in [0.25, 0.3) is 0 Å². The molecule has 1 aromatic heterocycles. The molecule has 1 aromatic rings. The molecule has 3 nitrogen and oxygen atoms in total. The molecule has 1 atom stereocenters. The van der Waals surface area contributed by atoms with E-state index in [1.165, 1.54) is 19.3 Å². The Balaban J connectivity index is 2.06. The maximum absolute atomic E-state index is 4.81. The average molecular weight is 261 g/mol. The van der Waals surface area contributed by atoms with Crippen LogP contribution in [0.25, 0.3) is 0 Å². The minimum atomic E-state index is 0.135. The van der Waals surface area contributed by atoms with Crippen molar-refractivity contribution in [2.45, 2.75) is 65.1 Å². The Morgan fingerprint density at radius 3 is 2.79 bits per heavy atom. The molecule has 0 bridgehead atoms. The number of anilines is 1. The van der Waals surface area contributed by atoms with Crippen LogP contribution in [0.1, 0.15) is 52.7 Å². The van der Waals surface area contributed by atoms with Crippen molar-refractivity contribution in [2.24, 2.45) is 0 Å². The van der Waals surface area contributed by atoms with Gasteiger partial charge in [0.15, 0.2) is 0 Å². The first kappa shape index (κ1) is 14.3. The van der Waals surface area contributed by atoms with E-state index < -0.39 is 0 Å². The third kappa shape index (κ3) is 4.20. The topological polar surface area (TPSA) is 28.2 Å². The summed E-state index contributed by atoms with van der Waals surface area (Å²) in [5.41, 5.74) is 1.26. The standard InChI is InChI=1S/C16H27N3/c1-13-8-5-6-11-19(13)15-10-7-9-14(18-15)12-17-16(2,3)4/h7,9-10,13,17H,5-6,8,11-12H2,1-4H3. The van der Waals surface area contributed by atoms with Gasteiger partial charge < -0.3 is 10.2 Å². The minimum absolute atomic E-state index is 0.135. The highest BCUT2D eigenvalue weighted by atomic mass is 15.2. The van der Waals surface area contributed by atoms with Crippen molar-refractivity contribution in [2.75, 3.05) is 11.4 Å². The molecule has 0 aliphatic carbocycles. The van der Waals surface area contributed by atoms with E-state index in [4.69, 9.17) is 4.98 Å². The summed E-state index contributed by atoms with van der Waals surface area (Å²) in [6.07, 6.45) is 3.92. The zero-order valence-electron chi connectivity index (χ0n) is 12.7. The second-order valence-corrected chi connectivity index (χ2v) is 6.63. The highest BCUT2D eigenvalue weighted by Crippen LogP contribution is 2.22. The van der Waals surface area contributed by atoms with E-state index in [0.717, 1.165) is 24.6 Å². The van der Waals surface area contributed by atoms with Gasteiger partial charge >= 0.3 is 0 Å². The van der Waals surface area contributed by atoms with E-state index in [0.29, 0.717) is 6.04 Å². The maximum atomic E-state index is 4.81. The van der Waals surface area contributed by atoms with E-state index in [-0.39, 0.29) is 5.54 Å². The van der Waals surface area contributed by atoms with Crippen LogP contribution in [0.2, 0.25) is 0 Å². The fraction of sp³-hybridized carbons (Fsp3) is 0.688. The van der Waals surface area contributed by atoms with Gasteiger partial charge in [-0.15, -0.1) is 0 Å². The fourth-order valence-electron chi connectivity index (χ4n) is 2.52. The van der Waals surface area contributed by atoms with Gasteiger partial charge in [0.2, 0.25) is 0 Å². The number of piperidine rings is 1. The SMILES string of the molecule is CC1CCCCN1c1cccc(CNC(C)(C)C)n1. The van der Waals surface area contributed by atoms with Crippen LogP contribution in [0.4, 0.5) is 5.82 Å². The third-order valence-corrected chi connectivity index (χ3v) is 3.69. The third-order valence-electron chi connectivity index (χ3n) is 3.69. The Morgan fingerprint density at radius 2 is 2.11 bits per heavy atom. The summed E-state index contributed by atoms with van der Waals surface area (Å²) in [5, 5.41) is 3.50. The van der Waals surface area contributed by atoms with Gasteiger partial charge in [-0.1, -0.05) is 6.07 Å². The number of aromatic nitrogens is 1. The fourth-order valence-corrected chi connectivity index (χ4v) is 2.52. The van der Waals surface area contributed by atoms with Crippen molar-refractivity contribution < 1.29 is 0 Å². The lowest BCUT2D eigenvalue weighted by Crippen LogP contribution is -2.38. The molecule has 1 aliphatic rings.